The number of nitrogen functional groups attached to an aromatic ring is 1. The number of rotatable bonds is 8. The zero-order valence-corrected chi connectivity index (χ0v) is 18.5. The summed E-state index contributed by atoms with van der Waals surface area (Å²) in [6.07, 6.45) is 0. The molecule has 29 heavy (non-hydrogen) atoms. The van der Waals surface area contributed by atoms with Crippen LogP contribution in [-0.4, -0.2) is 21.3 Å². The number of methoxy groups -OCH3 is 2. The molecule has 3 rings (SSSR count). The van der Waals surface area contributed by atoms with Gasteiger partial charge in [-0.2, -0.15) is 0 Å². The van der Waals surface area contributed by atoms with E-state index in [-0.39, 0.29) is 0 Å². The van der Waals surface area contributed by atoms with Crippen molar-refractivity contribution in [3.8, 4) is 11.5 Å². The average Bonchev–Trinajstić information content (AvgIpc) is 2.75. The van der Waals surface area contributed by atoms with Gasteiger partial charge in [0.1, 0.15) is 11.5 Å². The quantitative estimate of drug-likeness (QED) is 0.451. The minimum atomic E-state index is 0.708. The first-order valence-electron chi connectivity index (χ1n) is 9.31. The fourth-order valence-electron chi connectivity index (χ4n) is 3.20. The fourth-order valence-corrected chi connectivity index (χ4v) is 3.65. The molecule has 0 amide bonds. The first-order chi connectivity index (χ1) is 14.0. The highest BCUT2D eigenvalue weighted by Gasteiger charge is 2.15. The number of hydrogen-bond acceptors (Lipinski definition) is 5. The Morgan fingerprint density at radius 3 is 1.76 bits per heavy atom. The summed E-state index contributed by atoms with van der Waals surface area (Å²) < 4.78 is 11.5. The minimum Gasteiger partial charge on any atom is -0.497 e. The summed E-state index contributed by atoms with van der Waals surface area (Å²) in [6.45, 7) is 1.42. The van der Waals surface area contributed by atoms with Crippen molar-refractivity contribution in [1.29, 1.82) is 0 Å². The summed E-state index contributed by atoms with van der Waals surface area (Å²) in [7, 11) is 5.22. The fraction of sp³-hybridized carbons (Fsp3) is 0.217. The lowest BCUT2D eigenvalue weighted by atomic mass is 10.1. The number of nitrogens with two attached hydrogens (primary N) is 1. The smallest absolute Gasteiger partial charge is 0.118 e. The molecule has 152 valence electrons. The molecule has 5 nitrogen and oxygen atoms in total. The predicted octanol–water partition coefficient (Wildman–Crippen LogP) is 5.30. The SMILES string of the molecule is CNc1cc(Br)cc(N(Cc2ccc(OC)cc2)Cc2ccc(OC)cc2)c1N. The Labute approximate surface area is 180 Å². The van der Waals surface area contributed by atoms with Gasteiger partial charge in [-0.05, 0) is 47.5 Å². The summed E-state index contributed by atoms with van der Waals surface area (Å²) >= 11 is 3.61. The van der Waals surface area contributed by atoms with Crippen molar-refractivity contribution in [2.24, 2.45) is 0 Å². The molecular formula is C23H26BrN3O2. The van der Waals surface area contributed by atoms with E-state index in [0.29, 0.717) is 13.1 Å². The molecule has 0 aliphatic carbocycles. The van der Waals surface area contributed by atoms with Crippen molar-refractivity contribution in [3.63, 3.8) is 0 Å². The van der Waals surface area contributed by atoms with Gasteiger partial charge in [0.15, 0.2) is 0 Å². The Balaban J connectivity index is 1.96. The van der Waals surface area contributed by atoms with Gasteiger partial charge >= 0.3 is 0 Å². The minimum absolute atomic E-state index is 0.708. The molecule has 3 aromatic rings. The lowest BCUT2D eigenvalue weighted by Crippen LogP contribution is -2.23. The molecule has 0 heterocycles. The van der Waals surface area contributed by atoms with Crippen molar-refractivity contribution >= 4 is 33.0 Å². The standard InChI is InChI=1S/C23H26BrN3O2/c1-26-21-12-18(24)13-22(23(21)25)27(14-16-4-8-19(28-2)9-5-16)15-17-6-10-20(29-3)11-7-17/h4-13,26H,14-15,25H2,1-3H3. The van der Waals surface area contributed by atoms with E-state index in [1.165, 1.54) is 11.1 Å². The topological polar surface area (TPSA) is 59.8 Å². The Kier molecular flexibility index (Phi) is 6.88. The first-order valence-corrected chi connectivity index (χ1v) is 10.1. The molecule has 0 aliphatic rings. The van der Waals surface area contributed by atoms with Crippen LogP contribution in [-0.2, 0) is 13.1 Å². The van der Waals surface area contributed by atoms with E-state index in [4.69, 9.17) is 15.2 Å². The molecular weight excluding hydrogens is 430 g/mol. The molecule has 3 aromatic carbocycles. The van der Waals surface area contributed by atoms with Crippen molar-refractivity contribution in [2.75, 3.05) is 37.2 Å². The molecule has 6 heteroatoms. The van der Waals surface area contributed by atoms with Gasteiger partial charge in [0.05, 0.1) is 31.3 Å². The maximum absolute atomic E-state index is 6.50. The summed E-state index contributed by atoms with van der Waals surface area (Å²) in [6, 6.07) is 20.3. The maximum atomic E-state index is 6.50. The molecule has 0 aliphatic heterocycles. The van der Waals surface area contributed by atoms with E-state index in [0.717, 1.165) is 33.0 Å². The Bertz CT molecular complexity index is 894. The summed E-state index contributed by atoms with van der Waals surface area (Å²) in [5, 5.41) is 3.17. The number of ether oxygens (including phenoxy) is 2. The molecule has 0 saturated carbocycles. The highest BCUT2D eigenvalue weighted by molar-refractivity contribution is 9.10. The van der Waals surface area contributed by atoms with Gasteiger partial charge in [-0.3, -0.25) is 0 Å². The Morgan fingerprint density at radius 1 is 0.862 bits per heavy atom. The van der Waals surface area contributed by atoms with Gasteiger partial charge in [0, 0.05) is 24.6 Å². The van der Waals surface area contributed by atoms with E-state index in [1.54, 1.807) is 14.2 Å². The molecule has 0 spiro atoms. The summed E-state index contributed by atoms with van der Waals surface area (Å²) in [5.74, 6) is 1.68. The summed E-state index contributed by atoms with van der Waals surface area (Å²) in [4.78, 5) is 2.27. The average molecular weight is 456 g/mol. The second-order valence-electron chi connectivity index (χ2n) is 6.69. The van der Waals surface area contributed by atoms with Gasteiger partial charge < -0.3 is 25.4 Å². The Hall–Kier alpha value is -2.86. The summed E-state index contributed by atoms with van der Waals surface area (Å²) in [5.41, 5.74) is 11.4. The van der Waals surface area contributed by atoms with Crippen LogP contribution in [0.2, 0.25) is 0 Å². The number of halogens is 1. The third-order valence-corrected chi connectivity index (χ3v) is 5.26. The van der Waals surface area contributed by atoms with E-state index in [9.17, 15) is 0 Å². The van der Waals surface area contributed by atoms with Crippen LogP contribution >= 0.6 is 15.9 Å². The number of nitrogens with one attached hydrogen (secondary N) is 1. The van der Waals surface area contributed by atoms with Crippen LogP contribution in [0.3, 0.4) is 0 Å². The van der Waals surface area contributed by atoms with Crippen LogP contribution in [0, 0.1) is 0 Å². The molecule has 0 fully saturated rings. The third kappa shape index (κ3) is 5.15. The zero-order valence-electron chi connectivity index (χ0n) is 16.9. The van der Waals surface area contributed by atoms with Crippen molar-refractivity contribution in [1.82, 2.24) is 0 Å². The van der Waals surface area contributed by atoms with Crippen LogP contribution < -0.4 is 25.4 Å². The van der Waals surface area contributed by atoms with E-state index < -0.39 is 0 Å². The largest absolute Gasteiger partial charge is 0.497 e. The van der Waals surface area contributed by atoms with Crippen LogP contribution in [0.1, 0.15) is 11.1 Å². The predicted molar refractivity (Wildman–Crippen MR) is 124 cm³/mol. The highest BCUT2D eigenvalue weighted by Crippen LogP contribution is 2.36. The van der Waals surface area contributed by atoms with Crippen molar-refractivity contribution < 1.29 is 9.47 Å². The third-order valence-electron chi connectivity index (χ3n) is 4.80. The highest BCUT2D eigenvalue weighted by atomic mass is 79.9. The monoisotopic (exact) mass is 455 g/mol. The van der Waals surface area contributed by atoms with Crippen LogP contribution in [0.25, 0.3) is 0 Å². The zero-order chi connectivity index (χ0) is 20.8. The first kappa shape index (κ1) is 20.9. The molecule has 0 atom stereocenters. The van der Waals surface area contributed by atoms with Crippen molar-refractivity contribution in [3.05, 3.63) is 76.3 Å². The van der Waals surface area contributed by atoms with Gasteiger partial charge in [0.25, 0.3) is 0 Å². The lowest BCUT2D eigenvalue weighted by molar-refractivity contribution is 0.414. The Morgan fingerprint density at radius 2 is 1.34 bits per heavy atom. The molecule has 0 saturated heterocycles. The normalized spacial score (nSPS) is 10.5. The van der Waals surface area contributed by atoms with Crippen molar-refractivity contribution in [2.45, 2.75) is 13.1 Å². The van der Waals surface area contributed by atoms with E-state index in [2.05, 4.69) is 56.5 Å². The lowest BCUT2D eigenvalue weighted by Gasteiger charge is -2.28. The van der Waals surface area contributed by atoms with Crippen LogP contribution in [0.5, 0.6) is 11.5 Å². The molecule has 0 unspecified atom stereocenters. The van der Waals surface area contributed by atoms with Gasteiger partial charge in [0.2, 0.25) is 0 Å². The number of hydrogen-bond donors (Lipinski definition) is 2. The second-order valence-corrected chi connectivity index (χ2v) is 7.60. The number of nitrogens with zero attached hydrogens (tertiary/aromatic N) is 1. The molecule has 0 aromatic heterocycles. The van der Waals surface area contributed by atoms with Gasteiger partial charge in [-0.25, -0.2) is 0 Å². The van der Waals surface area contributed by atoms with Crippen LogP contribution in [0.15, 0.2) is 65.1 Å². The molecule has 0 bridgehead atoms. The van der Waals surface area contributed by atoms with E-state index >= 15 is 0 Å². The molecule has 0 radical (unpaired) electrons. The maximum Gasteiger partial charge on any atom is 0.118 e. The van der Waals surface area contributed by atoms with E-state index in [1.807, 2.05) is 37.4 Å². The van der Waals surface area contributed by atoms with Crippen LogP contribution in [0.4, 0.5) is 17.1 Å². The van der Waals surface area contributed by atoms with Gasteiger partial charge in [-0.1, -0.05) is 40.2 Å². The molecule has 3 N–H and O–H groups in total. The number of anilines is 3. The number of benzene rings is 3. The van der Waals surface area contributed by atoms with Gasteiger partial charge in [-0.15, -0.1) is 0 Å². The second kappa shape index (κ2) is 9.56.